The SMILES string of the molecule is NC(=O)c1nnc(NC(=O)C2CC2)cc1Nc1cccc(Oc2cccc(N)c2)c1. The van der Waals surface area contributed by atoms with Gasteiger partial charge in [-0.05, 0) is 37.1 Å². The lowest BCUT2D eigenvalue weighted by Crippen LogP contribution is -2.19. The van der Waals surface area contributed by atoms with E-state index in [4.69, 9.17) is 16.2 Å². The van der Waals surface area contributed by atoms with Gasteiger partial charge in [0, 0.05) is 35.5 Å². The molecule has 1 aliphatic rings. The Bertz CT molecular complexity index is 1110. The Labute approximate surface area is 172 Å². The first-order valence-electron chi connectivity index (χ1n) is 9.37. The highest BCUT2D eigenvalue weighted by Gasteiger charge is 2.30. The van der Waals surface area contributed by atoms with Crippen LogP contribution in [-0.4, -0.2) is 22.0 Å². The number of ether oxygens (including phenoxy) is 1. The summed E-state index contributed by atoms with van der Waals surface area (Å²) in [5.74, 6) is 0.569. The normalized spacial score (nSPS) is 12.8. The molecule has 2 amide bonds. The van der Waals surface area contributed by atoms with Crippen molar-refractivity contribution in [3.05, 3.63) is 60.3 Å². The molecular formula is C21H20N6O3. The molecule has 30 heavy (non-hydrogen) atoms. The zero-order valence-electron chi connectivity index (χ0n) is 16.0. The molecule has 9 heteroatoms. The van der Waals surface area contributed by atoms with E-state index < -0.39 is 5.91 Å². The van der Waals surface area contributed by atoms with Crippen LogP contribution in [0.2, 0.25) is 0 Å². The monoisotopic (exact) mass is 404 g/mol. The van der Waals surface area contributed by atoms with Gasteiger partial charge in [0.2, 0.25) is 5.91 Å². The van der Waals surface area contributed by atoms with Crippen molar-refractivity contribution < 1.29 is 14.3 Å². The number of hydrogen-bond donors (Lipinski definition) is 4. The van der Waals surface area contributed by atoms with Crippen molar-refractivity contribution in [1.29, 1.82) is 0 Å². The lowest BCUT2D eigenvalue weighted by Gasteiger charge is -2.12. The minimum Gasteiger partial charge on any atom is -0.457 e. The zero-order valence-corrected chi connectivity index (χ0v) is 16.0. The minimum absolute atomic E-state index is 0.0138. The van der Waals surface area contributed by atoms with E-state index in [1.165, 1.54) is 6.07 Å². The standard InChI is InChI=1S/C21H20N6O3/c22-13-3-1-5-15(9-13)30-16-6-2-4-14(10-16)24-17-11-18(25-21(29)12-7-8-12)26-27-19(17)20(23)28/h1-6,9-12H,7-8,22H2,(H2,23,28)(H2,24,25,26,29). The maximum atomic E-state index is 12.0. The van der Waals surface area contributed by atoms with E-state index in [1.54, 1.807) is 48.5 Å². The first-order valence-corrected chi connectivity index (χ1v) is 9.37. The van der Waals surface area contributed by atoms with Crippen LogP contribution < -0.4 is 26.8 Å². The van der Waals surface area contributed by atoms with Crippen LogP contribution in [0.5, 0.6) is 11.5 Å². The van der Waals surface area contributed by atoms with Gasteiger partial charge in [-0.2, -0.15) is 0 Å². The number of nitrogens with one attached hydrogen (secondary N) is 2. The molecule has 6 N–H and O–H groups in total. The fraction of sp³-hybridized carbons (Fsp3) is 0.143. The molecule has 152 valence electrons. The molecule has 0 spiro atoms. The lowest BCUT2D eigenvalue weighted by molar-refractivity contribution is -0.117. The Balaban J connectivity index is 1.56. The molecular weight excluding hydrogens is 384 g/mol. The van der Waals surface area contributed by atoms with E-state index in [9.17, 15) is 9.59 Å². The molecule has 0 saturated heterocycles. The van der Waals surface area contributed by atoms with Crippen molar-refractivity contribution in [2.24, 2.45) is 11.7 Å². The molecule has 0 atom stereocenters. The van der Waals surface area contributed by atoms with E-state index in [0.717, 1.165) is 12.8 Å². The van der Waals surface area contributed by atoms with Crippen LogP contribution in [0.15, 0.2) is 54.6 Å². The Morgan fingerprint density at radius 2 is 1.73 bits per heavy atom. The van der Waals surface area contributed by atoms with E-state index in [2.05, 4.69) is 20.8 Å². The first-order chi connectivity index (χ1) is 14.5. The van der Waals surface area contributed by atoms with Gasteiger partial charge in [0.25, 0.3) is 5.91 Å². The van der Waals surface area contributed by atoms with E-state index in [-0.39, 0.29) is 23.3 Å². The van der Waals surface area contributed by atoms with Crippen LogP contribution in [0.1, 0.15) is 23.3 Å². The predicted molar refractivity (Wildman–Crippen MR) is 113 cm³/mol. The lowest BCUT2D eigenvalue weighted by atomic mass is 10.2. The summed E-state index contributed by atoms with van der Waals surface area (Å²) in [5.41, 5.74) is 12.7. The van der Waals surface area contributed by atoms with Gasteiger partial charge in [-0.25, -0.2) is 0 Å². The average molecular weight is 404 g/mol. The van der Waals surface area contributed by atoms with Crippen LogP contribution in [0.3, 0.4) is 0 Å². The highest BCUT2D eigenvalue weighted by Crippen LogP contribution is 2.31. The van der Waals surface area contributed by atoms with E-state index in [1.807, 2.05) is 0 Å². The smallest absolute Gasteiger partial charge is 0.271 e. The van der Waals surface area contributed by atoms with Crippen molar-refractivity contribution >= 4 is 34.7 Å². The van der Waals surface area contributed by atoms with E-state index in [0.29, 0.717) is 28.6 Å². The van der Waals surface area contributed by atoms with E-state index >= 15 is 0 Å². The van der Waals surface area contributed by atoms with Crippen molar-refractivity contribution in [2.75, 3.05) is 16.4 Å². The zero-order chi connectivity index (χ0) is 21.1. The Hall–Kier alpha value is -4.14. The van der Waals surface area contributed by atoms with Gasteiger partial charge >= 0.3 is 0 Å². The molecule has 1 aromatic heterocycles. The number of nitrogens with zero attached hydrogens (tertiary/aromatic N) is 2. The summed E-state index contributed by atoms with van der Waals surface area (Å²) < 4.78 is 5.83. The number of rotatable bonds is 7. The highest BCUT2D eigenvalue weighted by atomic mass is 16.5. The van der Waals surface area contributed by atoms with Gasteiger partial charge in [-0.15, -0.1) is 10.2 Å². The second-order valence-electron chi connectivity index (χ2n) is 6.95. The molecule has 2 aromatic carbocycles. The number of nitrogen functional groups attached to an aromatic ring is 1. The van der Waals surface area contributed by atoms with Crippen LogP contribution in [0.25, 0.3) is 0 Å². The molecule has 0 bridgehead atoms. The van der Waals surface area contributed by atoms with Crippen LogP contribution in [0, 0.1) is 5.92 Å². The Morgan fingerprint density at radius 3 is 2.43 bits per heavy atom. The van der Waals surface area contributed by atoms with Crippen molar-refractivity contribution in [3.63, 3.8) is 0 Å². The molecule has 3 aromatic rings. The van der Waals surface area contributed by atoms with Gasteiger partial charge in [0.15, 0.2) is 11.5 Å². The summed E-state index contributed by atoms with van der Waals surface area (Å²) in [6.07, 6.45) is 1.73. The molecule has 0 aliphatic heterocycles. The molecule has 1 aliphatic carbocycles. The second kappa shape index (κ2) is 8.08. The van der Waals surface area contributed by atoms with Crippen molar-refractivity contribution in [2.45, 2.75) is 12.8 Å². The molecule has 1 fully saturated rings. The summed E-state index contributed by atoms with van der Waals surface area (Å²) >= 11 is 0. The van der Waals surface area contributed by atoms with Gasteiger partial charge < -0.3 is 26.8 Å². The van der Waals surface area contributed by atoms with Gasteiger partial charge in [-0.3, -0.25) is 9.59 Å². The molecule has 1 saturated carbocycles. The molecule has 9 nitrogen and oxygen atoms in total. The highest BCUT2D eigenvalue weighted by molar-refractivity contribution is 5.98. The van der Waals surface area contributed by atoms with Crippen LogP contribution in [0.4, 0.5) is 22.9 Å². The molecule has 4 rings (SSSR count). The number of hydrogen-bond acceptors (Lipinski definition) is 7. The van der Waals surface area contributed by atoms with Crippen LogP contribution >= 0.6 is 0 Å². The third-order valence-electron chi connectivity index (χ3n) is 4.43. The van der Waals surface area contributed by atoms with Gasteiger partial charge in [0.1, 0.15) is 11.5 Å². The number of benzene rings is 2. The maximum Gasteiger partial charge on any atom is 0.271 e. The number of amides is 2. The maximum absolute atomic E-state index is 12.0. The number of nitrogens with two attached hydrogens (primary N) is 2. The summed E-state index contributed by atoms with van der Waals surface area (Å²) in [5, 5.41) is 13.5. The molecule has 1 heterocycles. The second-order valence-corrected chi connectivity index (χ2v) is 6.95. The summed E-state index contributed by atoms with van der Waals surface area (Å²) in [6.45, 7) is 0. The fourth-order valence-corrected chi connectivity index (χ4v) is 2.81. The topological polar surface area (TPSA) is 145 Å². The van der Waals surface area contributed by atoms with Gasteiger partial charge in [0.05, 0.1) is 5.69 Å². The predicted octanol–water partition coefficient (Wildman–Crippen LogP) is 3.04. The number of anilines is 4. The van der Waals surface area contributed by atoms with Crippen molar-refractivity contribution in [1.82, 2.24) is 10.2 Å². The molecule has 0 unspecified atom stereocenters. The number of aromatic nitrogens is 2. The fourth-order valence-electron chi connectivity index (χ4n) is 2.81. The van der Waals surface area contributed by atoms with Crippen molar-refractivity contribution in [3.8, 4) is 11.5 Å². The average Bonchev–Trinajstić information content (AvgIpc) is 3.54. The quantitative estimate of drug-likeness (QED) is 0.443. The minimum atomic E-state index is -0.739. The largest absolute Gasteiger partial charge is 0.457 e. The van der Waals surface area contributed by atoms with Gasteiger partial charge in [-0.1, -0.05) is 12.1 Å². The third-order valence-corrected chi connectivity index (χ3v) is 4.43. The Morgan fingerprint density at radius 1 is 1.00 bits per heavy atom. The number of carbonyl (C=O) groups is 2. The van der Waals surface area contributed by atoms with Crippen LogP contribution in [-0.2, 0) is 4.79 Å². The number of primary amides is 1. The first kappa shape index (κ1) is 19.2. The summed E-state index contributed by atoms with van der Waals surface area (Å²) in [4.78, 5) is 23.7. The Kier molecular flexibility index (Phi) is 5.17. The summed E-state index contributed by atoms with van der Waals surface area (Å²) in [7, 11) is 0. The third kappa shape index (κ3) is 4.64. The number of carbonyl (C=O) groups excluding carboxylic acids is 2. The summed E-state index contributed by atoms with van der Waals surface area (Å²) in [6, 6.07) is 15.7. The molecule has 0 radical (unpaired) electrons.